The first-order chi connectivity index (χ1) is 15.4. The minimum absolute atomic E-state index is 0.102. The van der Waals surface area contributed by atoms with Crippen molar-refractivity contribution in [2.75, 3.05) is 24.2 Å². The Morgan fingerprint density at radius 1 is 1.34 bits per heavy atom. The highest BCUT2D eigenvalue weighted by atomic mass is 19.1. The number of fused-ring (bicyclic) bond motifs is 1. The second-order valence-electron chi connectivity index (χ2n) is 8.38. The van der Waals surface area contributed by atoms with Crippen LogP contribution in [0.2, 0.25) is 0 Å². The van der Waals surface area contributed by atoms with Gasteiger partial charge >= 0.3 is 5.97 Å². The standard InChI is InChI=1S/C23H23FN4O4/c24-16-17(25)15-19-21(18(16)27-10-3-5-13-4-1-2-9-26-13)32-11-8-23(6-7-23)28(19)12-14(20(15)29)22(30)31/h1-2,4,9,12,27H,3,5-8,10-11,25H2,(H,30,31). The van der Waals surface area contributed by atoms with Gasteiger partial charge in [0.1, 0.15) is 11.3 Å². The van der Waals surface area contributed by atoms with Gasteiger partial charge in [0.15, 0.2) is 11.6 Å². The maximum absolute atomic E-state index is 15.4. The zero-order chi connectivity index (χ0) is 22.5. The minimum atomic E-state index is -1.36. The number of halogens is 1. The summed E-state index contributed by atoms with van der Waals surface area (Å²) in [5.41, 5.74) is 5.56. The van der Waals surface area contributed by atoms with E-state index in [9.17, 15) is 14.7 Å². The molecule has 0 radical (unpaired) electrons. The number of hydrogen-bond donors (Lipinski definition) is 3. The molecule has 1 saturated carbocycles. The molecule has 5 rings (SSSR count). The number of aryl methyl sites for hydroxylation is 1. The molecule has 9 heteroatoms. The van der Waals surface area contributed by atoms with E-state index in [4.69, 9.17) is 10.5 Å². The lowest BCUT2D eigenvalue weighted by Gasteiger charge is -2.22. The van der Waals surface area contributed by atoms with E-state index in [0.29, 0.717) is 37.9 Å². The number of benzene rings is 1. The number of aromatic nitrogens is 2. The number of aromatic carboxylic acids is 1. The summed E-state index contributed by atoms with van der Waals surface area (Å²) < 4.78 is 23.1. The number of hydrogen-bond acceptors (Lipinski definition) is 6. The third-order valence-corrected chi connectivity index (χ3v) is 6.40. The molecule has 166 valence electrons. The second kappa shape index (κ2) is 7.51. The Morgan fingerprint density at radius 2 is 2.16 bits per heavy atom. The molecule has 0 amide bonds. The predicted molar refractivity (Wildman–Crippen MR) is 118 cm³/mol. The van der Waals surface area contributed by atoms with Crippen LogP contribution in [0.1, 0.15) is 41.7 Å². The minimum Gasteiger partial charge on any atom is -0.489 e. The third kappa shape index (κ3) is 3.16. The van der Waals surface area contributed by atoms with Gasteiger partial charge in [-0.3, -0.25) is 9.78 Å². The van der Waals surface area contributed by atoms with E-state index < -0.39 is 22.8 Å². The van der Waals surface area contributed by atoms with Gasteiger partial charge in [-0.25, -0.2) is 9.18 Å². The zero-order valence-electron chi connectivity index (χ0n) is 17.4. The van der Waals surface area contributed by atoms with E-state index in [1.165, 1.54) is 6.20 Å². The van der Waals surface area contributed by atoms with Crippen LogP contribution in [-0.4, -0.2) is 33.8 Å². The van der Waals surface area contributed by atoms with Crippen LogP contribution >= 0.6 is 0 Å². The summed E-state index contributed by atoms with van der Waals surface area (Å²) in [6.07, 6.45) is 6.80. The number of anilines is 2. The van der Waals surface area contributed by atoms with Crippen LogP contribution in [0.4, 0.5) is 15.8 Å². The van der Waals surface area contributed by atoms with Gasteiger partial charge in [0.05, 0.1) is 23.2 Å². The summed E-state index contributed by atoms with van der Waals surface area (Å²) in [6, 6.07) is 5.70. The fourth-order valence-electron chi connectivity index (χ4n) is 4.50. The van der Waals surface area contributed by atoms with E-state index in [0.717, 1.165) is 18.5 Å². The van der Waals surface area contributed by atoms with Gasteiger partial charge in [0, 0.05) is 36.6 Å². The summed E-state index contributed by atoms with van der Waals surface area (Å²) in [7, 11) is 0. The first kappa shape index (κ1) is 20.3. The summed E-state index contributed by atoms with van der Waals surface area (Å²) in [6.45, 7) is 0.775. The van der Waals surface area contributed by atoms with Crippen LogP contribution in [0.25, 0.3) is 10.9 Å². The van der Waals surface area contributed by atoms with Crippen molar-refractivity contribution in [1.82, 2.24) is 9.55 Å². The van der Waals surface area contributed by atoms with Gasteiger partial charge in [-0.05, 0) is 37.8 Å². The molecule has 0 unspecified atom stereocenters. The molecule has 2 aliphatic rings. The molecule has 32 heavy (non-hydrogen) atoms. The van der Waals surface area contributed by atoms with Crippen molar-refractivity contribution in [1.29, 1.82) is 0 Å². The number of rotatable bonds is 6. The van der Waals surface area contributed by atoms with Crippen molar-refractivity contribution in [3.8, 4) is 5.75 Å². The first-order valence-corrected chi connectivity index (χ1v) is 10.6. The molecular weight excluding hydrogens is 415 g/mol. The summed E-state index contributed by atoms with van der Waals surface area (Å²) in [4.78, 5) is 28.9. The van der Waals surface area contributed by atoms with E-state index in [-0.39, 0.29) is 28.0 Å². The zero-order valence-corrected chi connectivity index (χ0v) is 17.4. The molecule has 2 aromatic heterocycles. The normalized spacial score (nSPS) is 15.9. The number of nitrogens with two attached hydrogens (primary N) is 1. The van der Waals surface area contributed by atoms with Crippen molar-refractivity contribution < 1.29 is 19.0 Å². The first-order valence-electron chi connectivity index (χ1n) is 10.6. The fraction of sp³-hybridized carbons (Fsp3) is 0.348. The second-order valence-corrected chi connectivity index (χ2v) is 8.38. The summed E-state index contributed by atoms with van der Waals surface area (Å²) in [5, 5.41) is 12.5. The molecule has 8 nitrogen and oxygen atoms in total. The van der Waals surface area contributed by atoms with Crippen molar-refractivity contribution in [3.05, 3.63) is 57.9 Å². The van der Waals surface area contributed by atoms with Crippen molar-refractivity contribution in [3.63, 3.8) is 0 Å². The lowest BCUT2D eigenvalue weighted by molar-refractivity contribution is 0.0694. The van der Waals surface area contributed by atoms with E-state index in [1.54, 1.807) is 10.8 Å². The number of carboxylic acids is 1. The molecule has 4 N–H and O–H groups in total. The van der Waals surface area contributed by atoms with Crippen LogP contribution in [-0.2, 0) is 12.0 Å². The largest absolute Gasteiger partial charge is 0.489 e. The maximum Gasteiger partial charge on any atom is 0.341 e. The van der Waals surface area contributed by atoms with Crippen LogP contribution in [0.3, 0.4) is 0 Å². The highest BCUT2D eigenvalue weighted by molar-refractivity contribution is 6.03. The molecule has 1 aliphatic carbocycles. The average molecular weight is 438 g/mol. The van der Waals surface area contributed by atoms with E-state index >= 15 is 4.39 Å². The maximum atomic E-state index is 15.4. The number of pyridine rings is 2. The van der Waals surface area contributed by atoms with Crippen LogP contribution in [0.15, 0.2) is 35.4 Å². The monoisotopic (exact) mass is 438 g/mol. The van der Waals surface area contributed by atoms with E-state index in [1.807, 2.05) is 18.2 Å². The van der Waals surface area contributed by atoms with Crippen LogP contribution in [0.5, 0.6) is 5.75 Å². The number of carbonyl (C=O) groups is 1. The predicted octanol–water partition coefficient (Wildman–Crippen LogP) is 3.13. The van der Waals surface area contributed by atoms with Crippen LogP contribution < -0.4 is 21.2 Å². The molecule has 1 fully saturated rings. The quantitative estimate of drug-likeness (QED) is 0.400. The Labute approximate surface area is 182 Å². The van der Waals surface area contributed by atoms with E-state index in [2.05, 4.69) is 10.3 Å². The Hall–Kier alpha value is -3.62. The number of nitrogen functional groups attached to an aromatic ring is 1. The highest BCUT2D eigenvalue weighted by Gasteiger charge is 2.47. The van der Waals surface area contributed by atoms with Gasteiger partial charge in [-0.15, -0.1) is 0 Å². The Morgan fingerprint density at radius 3 is 2.84 bits per heavy atom. The van der Waals surface area contributed by atoms with Crippen molar-refractivity contribution in [2.24, 2.45) is 0 Å². The molecule has 0 atom stereocenters. The van der Waals surface area contributed by atoms with Gasteiger partial charge in [0.25, 0.3) is 0 Å². The SMILES string of the molecule is Nc1c(F)c(NCCCc2ccccn2)c2c3c1c(=O)c(C(=O)O)cn3C1(CCO2)CC1. The number of nitrogens with one attached hydrogen (secondary N) is 1. The Kier molecular flexibility index (Phi) is 4.76. The van der Waals surface area contributed by atoms with Gasteiger partial charge in [-0.2, -0.15) is 0 Å². The Balaban J connectivity index is 1.60. The topological polar surface area (TPSA) is 119 Å². The molecule has 0 saturated heterocycles. The summed E-state index contributed by atoms with van der Waals surface area (Å²) >= 11 is 0. The number of ether oxygens (including phenoxy) is 1. The average Bonchev–Trinajstić information content (AvgIpc) is 3.58. The number of carboxylic acid groups (broad SMARTS) is 1. The molecule has 1 spiro atoms. The molecule has 3 aromatic rings. The lowest BCUT2D eigenvalue weighted by Crippen LogP contribution is -2.25. The van der Waals surface area contributed by atoms with Crippen LogP contribution in [0, 0.1) is 5.82 Å². The smallest absolute Gasteiger partial charge is 0.341 e. The van der Waals surface area contributed by atoms with Gasteiger partial charge < -0.3 is 25.5 Å². The molecule has 1 aromatic carbocycles. The van der Waals surface area contributed by atoms with Crippen molar-refractivity contribution >= 4 is 28.2 Å². The fourth-order valence-corrected chi connectivity index (χ4v) is 4.50. The number of nitrogens with zero attached hydrogens (tertiary/aromatic N) is 2. The molecule has 3 heterocycles. The van der Waals surface area contributed by atoms with Gasteiger partial charge in [0.2, 0.25) is 5.43 Å². The van der Waals surface area contributed by atoms with Crippen molar-refractivity contribution in [2.45, 2.75) is 37.6 Å². The third-order valence-electron chi connectivity index (χ3n) is 6.40. The highest BCUT2D eigenvalue weighted by Crippen LogP contribution is 2.52. The molecule has 1 aliphatic heterocycles. The Bertz CT molecular complexity index is 1290. The lowest BCUT2D eigenvalue weighted by atomic mass is 10.0. The molecular formula is C23H23FN4O4. The molecule has 0 bridgehead atoms. The van der Waals surface area contributed by atoms with Gasteiger partial charge in [-0.1, -0.05) is 6.07 Å². The summed E-state index contributed by atoms with van der Waals surface area (Å²) in [5.74, 6) is -1.95.